The lowest BCUT2D eigenvalue weighted by atomic mass is 10.0. The van der Waals surface area contributed by atoms with Crippen molar-refractivity contribution in [2.45, 2.75) is 18.9 Å². The first-order valence-corrected chi connectivity index (χ1v) is 8.57. The van der Waals surface area contributed by atoms with Crippen LogP contribution in [-0.4, -0.2) is 38.9 Å². The average molecular weight is 332 g/mol. The average Bonchev–Trinajstić information content (AvgIpc) is 3.35. The standard InChI is InChI=1S/C20H20N4O/c25-20(23-13-10-19(15-23)24-21-11-12-22-24)14-16-6-8-18(9-7-16)17-4-2-1-3-5-17/h1-9,11-12,19H,10,13-15H2. The van der Waals surface area contributed by atoms with E-state index in [1.54, 1.807) is 17.2 Å². The van der Waals surface area contributed by atoms with Crippen molar-refractivity contribution in [1.29, 1.82) is 0 Å². The molecule has 1 fully saturated rings. The summed E-state index contributed by atoms with van der Waals surface area (Å²) in [6.07, 6.45) is 4.71. The molecule has 5 nitrogen and oxygen atoms in total. The van der Waals surface area contributed by atoms with Crippen LogP contribution in [0.1, 0.15) is 18.0 Å². The van der Waals surface area contributed by atoms with Gasteiger partial charge in [-0.25, -0.2) is 0 Å². The molecule has 0 radical (unpaired) electrons. The molecule has 0 N–H and O–H groups in total. The molecule has 126 valence electrons. The molecule has 2 heterocycles. The highest BCUT2D eigenvalue weighted by Crippen LogP contribution is 2.22. The van der Waals surface area contributed by atoms with Crippen LogP contribution < -0.4 is 0 Å². The summed E-state index contributed by atoms with van der Waals surface area (Å²) >= 11 is 0. The van der Waals surface area contributed by atoms with Crippen molar-refractivity contribution in [1.82, 2.24) is 19.9 Å². The Morgan fingerprint density at radius 2 is 1.64 bits per heavy atom. The number of aromatic nitrogens is 3. The van der Waals surface area contributed by atoms with Crippen molar-refractivity contribution < 1.29 is 4.79 Å². The largest absolute Gasteiger partial charge is 0.340 e. The number of hydrogen-bond donors (Lipinski definition) is 0. The van der Waals surface area contributed by atoms with E-state index in [1.807, 2.05) is 35.2 Å². The zero-order valence-corrected chi connectivity index (χ0v) is 14.0. The van der Waals surface area contributed by atoms with Gasteiger partial charge in [0.15, 0.2) is 0 Å². The molecular formula is C20H20N4O. The van der Waals surface area contributed by atoms with Gasteiger partial charge >= 0.3 is 0 Å². The van der Waals surface area contributed by atoms with Gasteiger partial charge in [-0.2, -0.15) is 15.0 Å². The molecule has 1 unspecified atom stereocenters. The second-order valence-corrected chi connectivity index (χ2v) is 6.37. The van der Waals surface area contributed by atoms with Crippen molar-refractivity contribution in [2.24, 2.45) is 0 Å². The summed E-state index contributed by atoms with van der Waals surface area (Å²) in [5.41, 5.74) is 3.41. The Hall–Kier alpha value is -2.95. The summed E-state index contributed by atoms with van der Waals surface area (Å²) in [5.74, 6) is 0.169. The molecular weight excluding hydrogens is 312 g/mol. The number of nitrogens with zero attached hydrogens (tertiary/aromatic N) is 4. The molecule has 1 amide bonds. The summed E-state index contributed by atoms with van der Waals surface area (Å²) in [4.78, 5) is 16.2. The summed E-state index contributed by atoms with van der Waals surface area (Å²) in [5, 5.41) is 8.36. The van der Waals surface area contributed by atoms with Gasteiger partial charge in [-0.1, -0.05) is 54.6 Å². The van der Waals surface area contributed by atoms with Crippen molar-refractivity contribution in [3.05, 3.63) is 72.6 Å². The number of rotatable bonds is 4. The fourth-order valence-corrected chi connectivity index (χ4v) is 3.30. The lowest BCUT2D eigenvalue weighted by Gasteiger charge is -2.16. The number of likely N-dealkylation sites (tertiary alicyclic amines) is 1. The second kappa shape index (κ2) is 6.89. The van der Waals surface area contributed by atoms with E-state index in [0.717, 1.165) is 18.5 Å². The van der Waals surface area contributed by atoms with E-state index in [4.69, 9.17) is 0 Å². The third-order valence-electron chi connectivity index (χ3n) is 4.70. The summed E-state index contributed by atoms with van der Waals surface area (Å²) in [6.45, 7) is 1.46. The summed E-state index contributed by atoms with van der Waals surface area (Å²) in [6, 6.07) is 18.7. The van der Waals surface area contributed by atoms with E-state index in [0.29, 0.717) is 13.0 Å². The van der Waals surface area contributed by atoms with Crippen LogP contribution in [0, 0.1) is 0 Å². The minimum absolute atomic E-state index is 0.169. The van der Waals surface area contributed by atoms with Crippen LogP contribution >= 0.6 is 0 Å². The summed E-state index contributed by atoms with van der Waals surface area (Å²) in [7, 11) is 0. The lowest BCUT2D eigenvalue weighted by molar-refractivity contribution is -0.129. The second-order valence-electron chi connectivity index (χ2n) is 6.37. The van der Waals surface area contributed by atoms with Crippen LogP contribution in [-0.2, 0) is 11.2 Å². The topological polar surface area (TPSA) is 51.0 Å². The van der Waals surface area contributed by atoms with E-state index in [2.05, 4.69) is 34.5 Å². The zero-order valence-electron chi connectivity index (χ0n) is 14.0. The van der Waals surface area contributed by atoms with Crippen molar-refractivity contribution in [2.75, 3.05) is 13.1 Å². The molecule has 0 aliphatic carbocycles. The molecule has 1 aromatic heterocycles. The van der Waals surface area contributed by atoms with Gasteiger partial charge in [0.05, 0.1) is 24.9 Å². The van der Waals surface area contributed by atoms with Crippen LogP contribution in [0.3, 0.4) is 0 Å². The molecule has 1 atom stereocenters. The monoisotopic (exact) mass is 332 g/mol. The minimum atomic E-state index is 0.169. The number of carbonyl (C=O) groups excluding carboxylic acids is 1. The predicted molar refractivity (Wildman–Crippen MR) is 95.8 cm³/mol. The van der Waals surface area contributed by atoms with E-state index in [-0.39, 0.29) is 11.9 Å². The van der Waals surface area contributed by atoms with Gasteiger partial charge in [0.25, 0.3) is 0 Å². The van der Waals surface area contributed by atoms with Gasteiger partial charge < -0.3 is 4.90 Å². The quantitative estimate of drug-likeness (QED) is 0.738. The Morgan fingerprint density at radius 1 is 0.960 bits per heavy atom. The maximum atomic E-state index is 12.6. The lowest BCUT2D eigenvalue weighted by Crippen LogP contribution is -2.30. The molecule has 0 bridgehead atoms. The Bertz CT molecular complexity index is 828. The van der Waals surface area contributed by atoms with Gasteiger partial charge in [-0.3, -0.25) is 4.79 Å². The SMILES string of the molecule is O=C(Cc1ccc(-c2ccccc2)cc1)N1CCC(n2nccn2)C1. The van der Waals surface area contributed by atoms with Crippen LogP contribution in [0.4, 0.5) is 0 Å². The highest BCUT2D eigenvalue weighted by atomic mass is 16.2. The molecule has 0 spiro atoms. The number of amides is 1. The van der Waals surface area contributed by atoms with Gasteiger partial charge in [-0.15, -0.1) is 0 Å². The van der Waals surface area contributed by atoms with Gasteiger partial charge in [0.2, 0.25) is 5.91 Å². The molecule has 5 heteroatoms. The van der Waals surface area contributed by atoms with E-state index >= 15 is 0 Å². The minimum Gasteiger partial charge on any atom is -0.340 e. The highest BCUT2D eigenvalue weighted by Gasteiger charge is 2.28. The first kappa shape index (κ1) is 15.6. The van der Waals surface area contributed by atoms with Gasteiger partial charge in [-0.05, 0) is 23.1 Å². The summed E-state index contributed by atoms with van der Waals surface area (Å²) < 4.78 is 0. The molecule has 1 aliphatic heterocycles. The predicted octanol–water partition coefficient (Wildman–Crippen LogP) is 2.96. The van der Waals surface area contributed by atoms with E-state index in [1.165, 1.54) is 11.1 Å². The third kappa shape index (κ3) is 3.45. The molecule has 0 saturated carbocycles. The van der Waals surface area contributed by atoms with E-state index in [9.17, 15) is 4.79 Å². The fourth-order valence-electron chi connectivity index (χ4n) is 3.30. The smallest absolute Gasteiger partial charge is 0.227 e. The van der Waals surface area contributed by atoms with Crippen LogP contribution in [0.2, 0.25) is 0 Å². The fraction of sp³-hybridized carbons (Fsp3) is 0.250. The zero-order chi connectivity index (χ0) is 17.1. The number of hydrogen-bond acceptors (Lipinski definition) is 3. The maximum absolute atomic E-state index is 12.6. The van der Waals surface area contributed by atoms with E-state index < -0.39 is 0 Å². The Kier molecular flexibility index (Phi) is 4.29. The van der Waals surface area contributed by atoms with Gasteiger partial charge in [0, 0.05) is 13.1 Å². The Labute approximate surface area is 146 Å². The van der Waals surface area contributed by atoms with Crippen LogP contribution in [0.5, 0.6) is 0 Å². The number of carbonyl (C=O) groups is 1. The van der Waals surface area contributed by atoms with Crippen molar-refractivity contribution in [3.8, 4) is 11.1 Å². The Balaban J connectivity index is 1.38. The first-order chi connectivity index (χ1) is 12.3. The van der Waals surface area contributed by atoms with Crippen LogP contribution in [0.15, 0.2) is 67.0 Å². The highest BCUT2D eigenvalue weighted by molar-refractivity contribution is 5.79. The molecule has 2 aromatic carbocycles. The Morgan fingerprint density at radius 3 is 2.36 bits per heavy atom. The third-order valence-corrected chi connectivity index (χ3v) is 4.70. The van der Waals surface area contributed by atoms with Crippen molar-refractivity contribution >= 4 is 5.91 Å². The first-order valence-electron chi connectivity index (χ1n) is 8.57. The van der Waals surface area contributed by atoms with Crippen LogP contribution in [0.25, 0.3) is 11.1 Å². The molecule has 4 rings (SSSR count). The van der Waals surface area contributed by atoms with Gasteiger partial charge in [0.1, 0.15) is 0 Å². The molecule has 3 aromatic rings. The molecule has 1 saturated heterocycles. The van der Waals surface area contributed by atoms with Crippen molar-refractivity contribution in [3.63, 3.8) is 0 Å². The number of benzene rings is 2. The molecule has 25 heavy (non-hydrogen) atoms. The maximum Gasteiger partial charge on any atom is 0.227 e. The normalized spacial score (nSPS) is 17.0. The molecule has 1 aliphatic rings.